The average Bonchev–Trinajstić information content (AvgIpc) is 2.58. The van der Waals surface area contributed by atoms with Gasteiger partial charge in [-0.25, -0.2) is 18.0 Å². The first kappa shape index (κ1) is 21.3. The van der Waals surface area contributed by atoms with Crippen LogP contribution in [-0.4, -0.2) is 41.4 Å². The number of amides is 1. The third-order valence-corrected chi connectivity index (χ3v) is 5.54. The molecule has 0 heterocycles. The molecule has 0 aromatic heterocycles. The number of carbonyl (C=O) groups excluding carboxylic acids is 1. The van der Waals surface area contributed by atoms with E-state index in [1.54, 1.807) is 13.8 Å². The molecule has 0 radical (unpaired) electrons. The highest BCUT2D eigenvalue weighted by Gasteiger charge is 2.41. The van der Waals surface area contributed by atoms with Crippen molar-refractivity contribution in [1.29, 1.82) is 0 Å². The maximum absolute atomic E-state index is 13.5. The van der Waals surface area contributed by atoms with Crippen molar-refractivity contribution in [3.05, 3.63) is 29.1 Å². The van der Waals surface area contributed by atoms with E-state index in [9.17, 15) is 26.7 Å². The fraction of sp³-hybridized carbons (Fsp3) is 0.462. The summed E-state index contributed by atoms with van der Waals surface area (Å²) in [7, 11) is -0.834. The molecular weight excluding hydrogens is 373 g/mol. The lowest BCUT2D eigenvalue weighted by Gasteiger charge is -2.28. The summed E-state index contributed by atoms with van der Waals surface area (Å²) in [4.78, 5) is 11.6. The van der Waals surface area contributed by atoms with Crippen LogP contribution in [0.1, 0.15) is 13.8 Å². The molecule has 6 nitrogen and oxygen atoms in total. The minimum absolute atomic E-state index is 0.334. The zero-order valence-electron chi connectivity index (χ0n) is 13.7. The molecule has 12 heteroatoms. The molecule has 0 spiro atoms. The molecule has 1 aromatic carbocycles. The molecular formula is C13H16F5NO5Si. The summed E-state index contributed by atoms with van der Waals surface area (Å²) in [6.07, 6.45) is -2.19. The SMILES string of the molecule is CO[Si](CNC(=O)Oc1c(F)c(F)c(F)c(F)c1F)(OC)OC(C)C. The van der Waals surface area contributed by atoms with E-state index < -0.39 is 49.7 Å². The van der Waals surface area contributed by atoms with E-state index in [0.717, 1.165) is 0 Å². The molecule has 0 fully saturated rings. The Labute approximate surface area is 141 Å². The minimum atomic E-state index is -3.35. The van der Waals surface area contributed by atoms with Gasteiger partial charge in [0.1, 0.15) is 0 Å². The standard InChI is InChI=1S/C13H16F5NO5Si/c1-6(2)24-25(21-3,22-4)5-19-13(20)23-12-10(17)8(15)7(14)9(16)11(12)18/h6H,5H2,1-4H3,(H,19,20). The second kappa shape index (κ2) is 8.56. The highest BCUT2D eigenvalue weighted by Crippen LogP contribution is 2.29. The molecule has 0 bridgehead atoms. The quantitative estimate of drug-likeness (QED) is 0.336. The zero-order valence-corrected chi connectivity index (χ0v) is 14.7. The van der Waals surface area contributed by atoms with Crippen LogP contribution in [0.2, 0.25) is 0 Å². The van der Waals surface area contributed by atoms with Crippen LogP contribution in [0.25, 0.3) is 0 Å². The lowest BCUT2D eigenvalue weighted by atomic mass is 10.3. The fourth-order valence-electron chi connectivity index (χ4n) is 1.71. The minimum Gasteiger partial charge on any atom is -0.404 e. The fourth-order valence-corrected chi connectivity index (χ4v) is 3.52. The van der Waals surface area contributed by atoms with Gasteiger partial charge in [-0.15, -0.1) is 0 Å². The van der Waals surface area contributed by atoms with Crippen molar-refractivity contribution in [2.45, 2.75) is 20.0 Å². The van der Waals surface area contributed by atoms with Crippen LogP contribution in [-0.2, 0) is 13.3 Å². The van der Waals surface area contributed by atoms with Gasteiger partial charge in [0.2, 0.25) is 34.8 Å². The Morgan fingerprint density at radius 1 is 0.960 bits per heavy atom. The molecule has 0 atom stereocenters. The van der Waals surface area contributed by atoms with Gasteiger partial charge in [-0.2, -0.15) is 8.78 Å². The Bertz CT molecular complexity index is 613. The molecule has 1 N–H and O–H groups in total. The van der Waals surface area contributed by atoms with Crippen molar-refractivity contribution in [2.24, 2.45) is 0 Å². The van der Waals surface area contributed by atoms with Crippen LogP contribution in [0.15, 0.2) is 0 Å². The molecule has 142 valence electrons. The Kier molecular flexibility index (Phi) is 7.28. The summed E-state index contributed by atoms with van der Waals surface area (Å²) >= 11 is 0. The first-order valence-electron chi connectivity index (χ1n) is 6.83. The van der Waals surface area contributed by atoms with E-state index in [1.807, 2.05) is 5.32 Å². The highest BCUT2D eigenvalue weighted by molar-refractivity contribution is 6.61. The number of hydrogen-bond acceptors (Lipinski definition) is 5. The molecule has 1 amide bonds. The number of carbonyl (C=O) groups is 1. The van der Waals surface area contributed by atoms with Gasteiger partial charge in [-0.3, -0.25) is 0 Å². The van der Waals surface area contributed by atoms with Gasteiger partial charge >= 0.3 is 14.9 Å². The molecule has 0 saturated heterocycles. The largest absolute Gasteiger partial charge is 0.521 e. The number of benzene rings is 1. The van der Waals surface area contributed by atoms with E-state index in [4.69, 9.17) is 13.3 Å². The molecule has 0 aliphatic rings. The predicted octanol–water partition coefficient (Wildman–Crippen LogP) is 2.67. The van der Waals surface area contributed by atoms with E-state index in [0.29, 0.717) is 0 Å². The lowest BCUT2D eigenvalue weighted by molar-refractivity contribution is 0.0686. The summed E-state index contributed by atoms with van der Waals surface area (Å²) in [6, 6.07) is 0. The van der Waals surface area contributed by atoms with Crippen molar-refractivity contribution < 1.29 is 44.8 Å². The van der Waals surface area contributed by atoms with Crippen molar-refractivity contribution in [3.8, 4) is 5.75 Å². The molecule has 0 unspecified atom stereocenters. The highest BCUT2D eigenvalue weighted by atomic mass is 28.4. The van der Waals surface area contributed by atoms with Crippen molar-refractivity contribution in [1.82, 2.24) is 5.32 Å². The topological polar surface area (TPSA) is 66.0 Å². The van der Waals surface area contributed by atoms with Crippen LogP contribution in [0.5, 0.6) is 5.75 Å². The predicted molar refractivity (Wildman–Crippen MR) is 76.3 cm³/mol. The summed E-state index contributed by atoms with van der Waals surface area (Å²) in [5.74, 6) is -13.1. The van der Waals surface area contributed by atoms with Crippen LogP contribution in [0.4, 0.5) is 26.7 Å². The monoisotopic (exact) mass is 389 g/mol. The second-order valence-corrected chi connectivity index (χ2v) is 7.67. The second-order valence-electron chi connectivity index (χ2n) is 4.90. The zero-order chi connectivity index (χ0) is 19.4. The molecule has 1 aromatic rings. The van der Waals surface area contributed by atoms with Gasteiger partial charge in [0, 0.05) is 20.3 Å². The first-order valence-corrected chi connectivity index (χ1v) is 8.77. The summed E-state index contributed by atoms with van der Waals surface area (Å²) in [6.45, 7) is 3.35. The number of nitrogens with one attached hydrogen (secondary N) is 1. The molecule has 25 heavy (non-hydrogen) atoms. The van der Waals surface area contributed by atoms with Crippen molar-refractivity contribution >= 4 is 14.9 Å². The number of rotatable bonds is 7. The molecule has 1 rings (SSSR count). The molecule has 0 saturated carbocycles. The number of ether oxygens (including phenoxy) is 1. The number of halogens is 5. The van der Waals surface area contributed by atoms with Crippen molar-refractivity contribution in [2.75, 3.05) is 20.4 Å². The van der Waals surface area contributed by atoms with E-state index in [2.05, 4.69) is 4.74 Å². The van der Waals surface area contributed by atoms with E-state index in [1.165, 1.54) is 14.2 Å². The van der Waals surface area contributed by atoms with E-state index >= 15 is 0 Å². The van der Waals surface area contributed by atoms with Crippen molar-refractivity contribution in [3.63, 3.8) is 0 Å². The average molecular weight is 389 g/mol. The lowest BCUT2D eigenvalue weighted by Crippen LogP contribution is -2.55. The third-order valence-electron chi connectivity index (χ3n) is 2.85. The Balaban J connectivity index is 2.91. The van der Waals surface area contributed by atoms with Gasteiger partial charge < -0.3 is 23.3 Å². The Morgan fingerprint density at radius 2 is 1.40 bits per heavy atom. The maximum Gasteiger partial charge on any atom is 0.521 e. The molecule has 0 aliphatic carbocycles. The van der Waals surface area contributed by atoms with Crippen LogP contribution < -0.4 is 10.1 Å². The van der Waals surface area contributed by atoms with Crippen LogP contribution >= 0.6 is 0 Å². The normalized spacial score (nSPS) is 11.8. The third kappa shape index (κ3) is 4.87. The van der Waals surface area contributed by atoms with E-state index in [-0.39, 0.29) is 12.3 Å². The summed E-state index contributed by atoms with van der Waals surface area (Å²) in [5.41, 5.74) is 0. The van der Waals surface area contributed by atoms with Gasteiger partial charge in [0.25, 0.3) is 0 Å². The maximum atomic E-state index is 13.5. The number of hydrogen-bond donors (Lipinski definition) is 1. The Morgan fingerprint density at radius 3 is 1.80 bits per heavy atom. The Hall–Kier alpha value is -1.76. The van der Waals surface area contributed by atoms with Gasteiger partial charge in [0.15, 0.2) is 0 Å². The van der Waals surface area contributed by atoms with Gasteiger partial charge in [-0.1, -0.05) is 0 Å². The van der Waals surface area contributed by atoms with Crippen LogP contribution in [0, 0.1) is 29.1 Å². The van der Waals surface area contributed by atoms with Gasteiger partial charge in [-0.05, 0) is 13.8 Å². The van der Waals surface area contributed by atoms with Crippen LogP contribution in [0.3, 0.4) is 0 Å². The smallest absolute Gasteiger partial charge is 0.404 e. The summed E-state index contributed by atoms with van der Waals surface area (Å²) < 4.78 is 85.8. The molecule has 0 aliphatic heterocycles. The summed E-state index contributed by atoms with van der Waals surface area (Å²) in [5, 5.41) is 2.04. The van der Waals surface area contributed by atoms with Gasteiger partial charge in [0.05, 0.1) is 6.17 Å². The first-order chi connectivity index (χ1) is 11.6.